The molecule has 65 heavy (non-hydrogen) atoms. The van der Waals surface area contributed by atoms with E-state index in [2.05, 4.69) is 47.5 Å². The molecular weight excluding hydrogens is 837 g/mol. The fraction of sp³-hybridized carbons (Fsp3) is 0.457. The number of nitrogens with zero attached hydrogens (tertiary/aromatic N) is 1. The van der Waals surface area contributed by atoms with Gasteiger partial charge < -0.3 is 62.8 Å². The molecule has 0 bridgehead atoms. The smallest absolute Gasteiger partial charge is 0.407 e. The Balaban J connectivity index is 1.58. The summed E-state index contributed by atoms with van der Waals surface area (Å²) in [5, 5.41) is 32.4. The van der Waals surface area contributed by atoms with Gasteiger partial charge in [0.05, 0.1) is 19.1 Å². The van der Waals surface area contributed by atoms with E-state index in [0.29, 0.717) is 43.5 Å². The van der Waals surface area contributed by atoms with E-state index in [1.165, 1.54) is 12.1 Å². The SMILES string of the molecule is CCC(=O)NCCNC(=O)/N=C(/N)NCCC[C@@H](NC(=O)C(c1ccccc1)c1cccc(NCCCNC(=O)CCOCCNC(=O)OC(C)(C)C)c1)C(=O)NCc1ccc(O)cc1. The maximum Gasteiger partial charge on any atom is 0.407 e. The first kappa shape index (κ1) is 52.5. The van der Waals surface area contributed by atoms with Crippen molar-refractivity contribution in [3.63, 3.8) is 0 Å². The Morgan fingerprint density at radius 2 is 1.40 bits per heavy atom. The molecule has 1 unspecified atom stereocenters. The number of hydrogen-bond donors (Lipinski definition) is 10. The molecule has 3 aromatic carbocycles. The monoisotopic (exact) mass is 903 g/mol. The number of anilines is 1. The van der Waals surface area contributed by atoms with Gasteiger partial charge in [0.2, 0.25) is 23.6 Å². The molecule has 3 aromatic rings. The van der Waals surface area contributed by atoms with Crippen molar-refractivity contribution in [2.24, 2.45) is 10.7 Å². The molecular formula is C46H66N10O9. The van der Waals surface area contributed by atoms with Crippen LogP contribution in [0, 0.1) is 0 Å². The van der Waals surface area contributed by atoms with Crippen molar-refractivity contribution < 1.29 is 43.3 Å². The topological polar surface area (TPSA) is 276 Å². The minimum atomic E-state index is -0.961. The number of phenols is 1. The molecule has 0 radical (unpaired) electrons. The predicted octanol–water partition coefficient (Wildman–Crippen LogP) is 3.10. The lowest BCUT2D eigenvalue weighted by molar-refractivity contribution is -0.129. The summed E-state index contributed by atoms with van der Waals surface area (Å²) in [4.78, 5) is 79.4. The molecule has 0 aliphatic carbocycles. The molecule has 0 aliphatic rings. The predicted molar refractivity (Wildman–Crippen MR) is 248 cm³/mol. The second-order valence-corrected chi connectivity index (χ2v) is 15.8. The van der Waals surface area contributed by atoms with Crippen LogP contribution >= 0.6 is 0 Å². The third kappa shape index (κ3) is 22.3. The first-order chi connectivity index (χ1) is 31.1. The zero-order valence-electron chi connectivity index (χ0n) is 37.8. The lowest BCUT2D eigenvalue weighted by atomic mass is 9.89. The number of hydrogen-bond acceptors (Lipinski definition) is 10. The Kier molecular flexibility index (Phi) is 23.2. The van der Waals surface area contributed by atoms with Crippen LogP contribution in [0.5, 0.6) is 5.75 Å². The van der Waals surface area contributed by atoms with Crippen LogP contribution in [0.4, 0.5) is 15.3 Å². The minimum absolute atomic E-state index is 0.0938. The number of amides is 7. The van der Waals surface area contributed by atoms with Crippen molar-refractivity contribution in [3.05, 3.63) is 95.6 Å². The summed E-state index contributed by atoms with van der Waals surface area (Å²) in [6, 6.07) is 21.5. The normalized spacial score (nSPS) is 12.2. The summed E-state index contributed by atoms with van der Waals surface area (Å²) < 4.78 is 10.6. The van der Waals surface area contributed by atoms with Crippen LogP contribution in [0.1, 0.15) is 82.4 Å². The molecule has 19 nitrogen and oxygen atoms in total. The number of nitrogens with one attached hydrogen (secondary N) is 8. The third-order valence-electron chi connectivity index (χ3n) is 9.29. The van der Waals surface area contributed by atoms with Gasteiger partial charge >= 0.3 is 12.1 Å². The average Bonchev–Trinajstić information content (AvgIpc) is 3.26. The van der Waals surface area contributed by atoms with Crippen LogP contribution in [0.2, 0.25) is 0 Å². The standard InChI is InChI=1S/C46H66N10O9/c1-5-38(58)50-25-26-52-44(62)56-43(47)51-22-10-16-37(41(60)54-31-32-17-19-36(57)20-18-32)55-42(61)40(33-12-7-6-8-13-33)34-14-9-15-35(30-34)48-23-11-24-49-39(59)21-28-64-29-27-53-45(63)65-46(2,3)4/h6-9,12-15,17-20,30,37,40,48,57H,5,10-11,16,21-29,31H2,1-4H3,(H,49,59)(H,50,58)(H,53,63)(H,54,60)(H,55,61)(H4,47,51,52,56,62)/t37-,40?/m1/s1. The first-order valence-corrected chi connectivity index (χ1v) is 21.8. The molecule has 0 saturated carbocycles. The highest BCUT2D eigenvalue weighted by Gasteiger charge is 2.28. The van der Waals surface area contributed by atoms with E-state index in [1.54, 1.807) is 39.8 Å². The van der Waals surface area contributed by atoms with Crippen LogP contribution in [0.25, 0.3) is 0 Å². The molecule has 3 rings (SSSR count). The van der Waals surface area contributed by atoms with Gasteiger partial charge in [-0.1, -0.05) is 61.5 Å². The summed E-state index contributed by atoms with van der Waals surface area (Å²) in [5.41, 5.74) is 8.25. The summed E-state index contributed by atoms with van der Waals surface area (Å²) in [6.07, 6.45) is 1.17. The van der Waals surface area contributed by atoms with E-state index in [0.717, 1.165) is 11.3 Å². The third-order valence-corrected chi connectivity index (χ3v) is 9.29. The highest BCUT2D eigenvalue weighted by Crippen LogP contribution is 2.27. The molecule has 0 spiro atoms. The largest absolute Gasteiger partial charge is 0.508 e. The minimum Gasteiger partial charge on any atom is -0.508 e. The van der Waals surface area contributed by atoms with Gasteiger partial charge in [0.1, 0.15) is 17.4 Å². The number of carbonyl (C=O) groups excluding carboxylic acids is 6. The van der Waals surface area contributed by atoms with E-state index >= 15 is 0 Å². The molecule has 2 atom stereocenters. The molecule has 354 valence electrons. The number of aromatic hydroxyl groups is 1. The molecule has 19 heteroatoms. The van der Waals surface area contributed by atoms with Gasteiger partial charge in [-0.25, -0.2) is 9.59 Å². The fourth-order valence-electron chi connectivity index (χ4n) is 6.07. The quantitative estimate of drug-likeness (QED) is 0.0316. The molecule has 0 fully saturated rings. The van der Waals surface area contributed by atoms with E-state index in [-0.39, 0.29) is 82.3 Å². The van der Waals surface area contributed by atoms with Crippen LogP contribution < -0.4 is 48.3 Å². The van der Waals surface area contributed by atoms with Crippen molar-refractivity contribution in [1.29, 1.82) is 0 Å². The van der Waals surface area contributed by atoms with Crippen molar-refractivity contribution >= 4 is 47.4 Å². The van der Waals surface area contributed by atoms with Crippen molar-refractivity contribution in [1.82, 2.24) is 37.2 Å². The second-order valence-electron chi connectivity index (χ2n) is 15.8. The zero-order chi connectivity index (χ0) is 47.5. The number of guanidine groups is 1. The van der Waals surface area contributed by atoms with Gasteiger partial charge in [-0.2, -0.15) is 4.99 Å². The lowest BCUT2D eigenvalue weighted by Crippen LogP contribution is -2.48. The highest BCUT2D eigenvalue weighted by atomic mass is 16.6. The number of carbonyl (C=O) groups is 6. The number of ether oxygens (including phenoxy) is 2. The van der Waals surface area contributed by atoms with Gasteiger partial charge in [-0.05, 0) is 81.0 Å². The maximum atomic E-state index is 14.3. The summed E-state index contributed by atoms with van der Waals surface area (Å²) in [7, 11) is 0. The van der Waals surface area contributed by atoms with Gasteiger partial charge in [-0.3, -0.25) is 19.2 Å². The fourth-order valence-corrected chi connectivity index (χ4v) is 6.07. The number of nitrogens with two attached hydrogens (primary N) is 1. The average molecular weight is 903 g/mol. The second kappa shape index (κ2) is 28.7. The number of aliphatic imine (C=N–C) groups is 1. The van der Waals surface area contributed by atoms with Crippen molar-refractivity contribution in [2.45, 2.75) is 83.9 Å². The van der Waals surface area contributed by atoms with Gasteiger partial charge in [0, 0.05) is 64.3 Å². The van der Waals surface area contributed by atoms with Crippen LogP contribution in [-0.4, -0.2) is 111 Å². The molecule has 0 aromatic heterocycles. The molecule has 0 aliphatic heterocycles. The molecule has 7 amide bonds. The number of phenolic OH excluding ortho intramolecular Hbond substituents is 1. The first-order valence-electron chi connectivity index (χ1n) is 21.8. The Hall–Kier alpha value is -6.89. The van der Waals surface area contributed by atoms with Crippen molar-refractivity contribution in [3.8, 4) is 5.75 Å². The van der Waals surface area contributed by atoms with Crippen LogP contribution in [-0.2, 0) is 35.2 Å². The highest BCUT2D eigenvalue weighted by molar-refractivity contribution is 5.93. The Morgan fingerprint density at radius 3 is 2.12 bits per heavy atom. The Bertz CT molecular complexity index is 1990. The molecule has 0 saturated heterocycles. The molecule has 11 N–H and O–H groups in total. The number of rotatable bonds is 26. The zero-order valence-corrected chi connectivity index (χ0v) is 37.8. The van der Waals surface area contributed by atoms with E-state index < -0.39 is 41.5 Å². The van der Waals surface area contributed by atoms with E-state index in [9.17, 15) is 33.9 Å². The van der Waals surface area contributed by atoms with Gasteiger partial charge in [0.25, 0.3) is 0 Å². The summed E-state index contributed by atoms with van der Waals surface area (Å²) >= 11 is 0. The van der Waals surface area contributed by atoms with E-state index in [4.69, 9.17) is 15.2 Å². The van der Waals surface area contributed by atoms with Crippen LogP contribution in [0.3, 0.4) is 0 Å². The summed E-state index contributed by atoms with van der Waals surface area (Å²) in [6.45, 7) is 9.57. The maximum absolute atomic E-state index is 14.3. The van der Waals surface area contributed by atoms with Gasteiger partial charge in [-0.15, -0.1) is 0 Å². The van der Waals surface area contributed by atoms with Crippen LogP contribution in [0.15, 0.2) is 83.9 Å². The lowest BCUT2D eigenvalue weighted by Gasteiger charge is -2.24. The van der Waals surface area contributed by atoms with E-state index in [1.807, 2.05) is 54.6 Å². The number of alkyl carbamates (subject to hydrolysis) is 1. The Morgan fingerprint density at radius 1 is 0.708 bits per heavy atom. The number of benzene rings is 3. The summed E-state index contributed by atoms with van der Waals surface area (Å²) in [5.74, 6) is -1.93. The number of urea groups is 1. The van der Waals surface area contributed by atoms with Crippen molar-refractivity contribution in [2.75, 3.05) is 57.8 Å². The Labute approximate surface area is 380 Å². The van der Waals surface area contributed by atoms with Gasteiger partial charge in [0.15, 0.2) is 5.96 Å². The molecule has 0 heterocycles.